The van der Waals surface area contributed by atoms with Crippen molar-refractivity contribution >= 4 is 50.9 Å². The number of nitro groups is 2. The SMILES string of the molecule is CC(C)(C)OC(=O)N1CC(N2CCN(c3cc(-c4n[nH]c5ccc([N+](=O)[O-])cc45)ccn3)CC2)C1.O=[N+]([O-])c1ccc2[nH]nc(-c3ccnc(N4CCN(C5CNC5)CC4)c3)c2c1. The number of ether oxygens (including phenoxy) is 1. The number of nitro benzene ring substituents is 2. The molecule has 0 spiro atoms. The molecule has 0 aliphatic carbocycles. The number of likely N-dealkylation sites (tertiary alicyclic amines) is 1. The van der Waals surface area contributed by atoms with E-state index in [9.17, 15) is 25.0 Å². The molecule has 0 unspecified atom stereocenters. The van der Waals surface area contributed by atoms with Crippen LogP contribution in [-0.4, -0.2) is 157 Å². The number of rotatable bonds is 8. The van der Waals surface area contributed by atoms with Crippen molar-refractivity contribution in [2.75, 3.05) is 88.3 Å². The lowest BCUT2D eigenvalue weighted by Gasteiger charge is -2.48. The van der Waals surface area contributed by atoms with Crippen molar-refractivity contribution in [3.05, 3.63) is 93.3 Å². The molecule has 3 N–H and O–H groups in total. The molecule has 0 bridgehead atoms. The normalized spacial score (nSPS) is 17.9. The first kappa shape index (κ1) is 41.6. The molecule has 4 saturated heterocycles. The van der Waals surface area contributed by atoms with Crippen LogP contribution in [0, 0.1) is 20.2 Å². The van der Waals surface area contributed by atoms with Crippen LogP contribution in [0.3, 0.4) is 0 Å². The van der Waals surface area contributed by atoms with Crippen molar-refractivity contribution in [2.45, 2.75) is 38.5 Å². The van der Waals surface area contributed by atoms with E-state index in [-0.39, 0.29) is 22.4 Å². The van der Waals surface area contributed by atoms with Gasteiger partial charge in [-0.1, -0.05) is 0 Å². The summed E-state index contributed by atoms with van der Waals surface area (Å²) in [4.78, 5) is 54.1. The minimum absolute atomic E-state index is 0.0341. The molecule has 8 heterocycles. The Bertz CT molecular complexity index is 2640. The molecule has 4 aliphatic rings. The number of aromatic nitrogens is 6. The maximum Gasteiger partial charge on any atom is 0.410 e. The summed E-state index contributed by atoms with van der Waals surface area (Å²) < 4.78 is 5.45. The first-order valence-electron chi connectivity index (χ1n) is 21.2. The highest BCUT2D eigenvalue weighted by Gasteiger charge is 2.38. The highest BCUT2D eigenvalue weighted by Crippen LogP contribution is 2.33. The molecule has 10 rings (SSSR count). The topological polar surface area (TPSA) is 224 Å². The molecule has 4 aliphatic heterocycles. The largest absolute Gasteiger partial charge is 0.444 e. The average molecular weight is 859 g/mol. The van der Waals surface area contributed by atoms with E-state index >= 15 is 0 Å². The number of hydrogen-bond acceptors (Lipinski definition) is 15. The van der Waals surface area contributed by atoms with Gasteiger partial charge in [0.15, 0.2) is 0 Å². The van der Waals surface area contributed by atoms with Crippen LogP contribution in [0.2, 0.25) is 0 Å². The van der Waals surface area contributed by atoms with Crippen LogP contribution in [0.15, 0.2) is 73.1 Å². The summed E-state index contributed by atoms with van der Waals surface area (Å²) in [6.45, 7) is 16.6. The third-order valence-electron chi connectivity index (χ3n) is 12.1. The summed E-state index contributed by atoms with van der Waals surface area (Å²) in [6.07, 6.45) is 3.29. The predicted octanol–water partition coefficient (Wildman–Crippen LogP) is 4.90. The van der Waals surface area contributed by atoms with E-state index in [1.54, 1.807) is 41.6 Å². The fraction of sp³-hybridized carbons (Fsp3) is 0.419. The number of aromatic amines is 2. The highest BCUT2D eigenvalue weighted by molar-refractivity contribution is 5.95. The van der Waals surface area contributed by atoms with Gasteiger partial charge in [0.1, 0.15) is 28.6 Å². The Kier molecular flexibility index (Phi) is 11.3. The number of nitrogens with one attached hydrogen (secondary N) is 3. The van der Waals surface area contributed by atoms with Gasteiger partial charge in [0, 0.05) is 149 Å². The quantitative estimate of drug-likeness (QED) is 0.137. The molecule has 1 amide bonds. The van der Waals surface area contributed by atoms with E-state index in [4.69, 9.17) is 4.74 Å². The maximum atomic E-state index is 12.2. The van der Waals surface area contributed by atoms with Crippen molar-refractivity contribution in [1.82, 2.24) is 50.4 Å². The van der Waals surface area contributed by atoms with Crippen molar-refractivity contribution in [3.63, 3.8) is 0 Å². The summed E-state index contributed by atoms with van der Waals surface area (Å²) in [6, 6.07) is 18.2. The van der Waals surface area contributed by atoms with Gasteiger partial charge in [0.25, 0.3) is 11.4 Å². The van der Waals surface area contributed by atoms with Gasteiger partial charge in [-0.05, 0) is 57.2 Å². The number of piperazine rings is 2. The second-order valence-corrected chi connectivity index (χ2v) is 17.3. The minimum Gasteiger partial charge on any atom is -0.444 e. The maximum absolute atomic E-state index is 12.2. The van der Waals surface area contributed by atoms with E-state index in [1.165, 1.54) is 12.1 Å². The number of nitrogens with zero attached hydrogens (tertiary/aromatic N) is 11. The zero-order valence-electron chi connectivity index (χ0n) is 35.4. The standard InChI is InChI=1S/C24H29N7O4.C19H21N7O2/c1-24(2,3)35-23(32)30-14-18(15-30)28-8-10-29(11-9-28)21-12-16(6-7-25-21)22-19-13-17(31(33)34)4-5-20(19)26-27-22;27-26(28)14-1-2-17-16(10-14)19(23-22-17)13-3-4-21-18(9-13)25-7-5-24(6-8-25)15-11-20-12-15/h4-7,12-13,18H,8-11,14-15H2,1-3H3,(H,26,27);1-4,9-10,15,20H,5-8,11-12H2,(H,22,23). The van der Waals surface area contributed by atoms with Crippen molar-refractivity contribution in [3.8, 4) is 22.5 Å². The number of benzene rings is 2. The number of pyridine rings is 2. The number of fused-ring (bicyclic) bond motifs is 2. The smallest absolute Gasteiger partial charge is 0.410 e. The van der Waals surface area contributed by atoms with Crippen molar-refractivity contribution in [1.29, 1.82) is 0 Å². The second-order valence-electron chi connectivity index (χ2n) is 17.3. The van der Waals surface area contributed by atoms with Crippen LogP contribution in [0.4, 0.5) is 27.8 Å². The molecule has 63 heavy (non-hydrogen) atoms. The summed E-state index contributed by atoms with van der Waals surface area (Å²) in [5, 5.41) is 41.8. The molecular formula is C43H50N14O6. The highest BCUT2D eigenvalue weighted by atomic mass is 16.6. The minimum atomic E-state index is -0.480. The fourth-order valence-corrected chi connectivity index (χ4v) is 8.47. The second kappa shape index (κ2) is 17.2. The lowest BCUT2D eigenvalue weighted by molar-refractivity contribution is -0.384. The lowest BCUT2D eigenvalue weighted by Crippen LogP contribution is -2.64. The number of hydrogen-bond donors (Lipinski definition) is 3. The molecule has 4 fully saturated rings. The number of anilines is 2. The first-order valence-corrected chi connectivity index (χ1v) is 21.2. The van der Waals surface area contributed by atoms with Crippen LogP contribution < -0.4 is 15.1 Å². The number of amides is 1. The van der Waals surface area contributed by atoms with Gasteiger partial charge in [-0.25, -0.2) is 14.8 Å². The zero-order chi connectivity index (χ0) is 43.8. The number of carbonyl (C=O) groups is 1. The van der Waals surface area contributed by atoms with Gasteiger partial charge in [-0.3, -0.25) is 40.2 Å². The Morgan fingerprint density at radius 3 is 1.54 bits per heavy atom. The molecule has 4 aromatic heterocycles. The van der Waals surface area contributed by atoms with Gasteiger partial charge in [0.2, 0.25) is 0 Å². The van der Waals surface area contributed by atoms with E-state index in [0.29, 0.717) is 41.9 Å². The lowest BCUT2D eigenvalue weighted by atomic mass is 10.1. The van der Waals surface area contributed by atoms with E-state index in [2.05, 4.69) is 55.3 Å². The van der Waals surface area contributed by atoms with Crippen LogP contribution >= 0.6 is 0 Å². The number of carbonyl (C=O) groups excluding carboxylic acids is 1. The van der Waals surface area contributed by atoms with E-state index < -0.39 is 10.5 Å². The predicted molar refractivity (Wildman–Crippen MR) is 238 cm³/mol. The van der Waals surface area contributed by atoms with Crippen LogP contribution in [-0.2, 0) is 4.74 Å². The fourth-order valence-electron chi connectivity index (χ4n) is 8.47. The molecule has 20 heteroatoms. The van der Waals surface area contributed by atoms with E-state index in [0.717, 1.165) is 105 Å². The van der Waals surface area contributed by atoms with Gasteiger partial charge in [0.05, 0.1) is 20.9 Å². The third-order valence-corrected chi connectivity index (χ3v) is 12.1. The molecule has 6 aromatic rings. The number of non-ortho nitro benzene ring substituents is 2. The summed E-state index contributed by atoms with van der Waals surface area (Å²) in [7, 11) is 0. The molecule has 20 nitrogen and oxygen atoms in total. The van der Waals surface area contributed by atoms with Gasteiger partial charge in [-0.15, -0.1) is 0 Å². The third kappa shape index (κ3) is 8.95. The van der Waals surface area contributed by atoms with Gasteiger partial charge in [-0.2, -0.15) is 10.2 Å². The Labute approximate surface area is 362 Å². The Morgan fingerprint density at radius 1 is 0.667 bits per heavy atom. The molecule has 0 radical (unpaired) electrons. The molecule has 0 atom stereocenters. The number of H-pyrrole nitrogens is 2. The zero-order valence-corrected chi connectivity index (χ0v) is 35.4. The van der Waals surface area contributed by atoms with Crippen LogP contribution in [0.25, 0.3) is 44.3 Å². The monoisotopic (exact) mass is 858 g/mol. The Morgan fingerprint density at radius 2 is 1.13 bits per heavy atom. The van der Waals surface area contributed by atoms with Crippen LogP contribution in [0.1, 0.15) is 20.8 Å². The van der Waals surface area contributed by atoms with Crippen molar-refractivity contribution < 1.29 is 19.4 Å². The summed E-state index contributed by atoms with van der Waals surface area (Å²) >= 11 is 0. The van der Waals surface area contributed by atoms with Gasteiger partial charge < -0.3 is 24.8 Å². The molecular weight excluding hydrogens is 809 g/mol. The van der Waals surface area contributed by atoms with Gasteiger partial charge >= 0.3 is 6.09 Å². The Balaban J connectivity index is 0.000000164. The van der Waals surface area contributed by atoms with E-state index in [1.807, 2.05) is 45.0 Å². The first-order chi connectivity index (χ1) is 30.4. The summed E-state index contributed by atoms with van der Waals surface area (Å²) in [5.74, 6) is 1.78. The summed E-state index contributed by atoms with van der Waals surface area (Å²) in [5.41, 5.74) is 4.28. The Hall–Kier alpha value is -6.77. The molecule has 0 saturated carbocycles. The van der Waals surface area contributed by atoms with Crippen LogP contribution in [0.5, 0.6) is 0 Å². The molecule has 328 valence electrons. The average Bonchev–Trinajstić information content (AvgIpc) is 3.87. The molecule has 2 aromatic carbocycles. The van der Waals surface area contributed by atoms with Crippen molar-refractivity contribution in [2.24, 2.45) is 0 Å².